The van der Waals surface area contributed by atoms with Gasteiger partial charge in [-0.05, 0) is 69.9 Å². The summed E-state index contributed by atoms with van der Waals surface area (Å²) >= 11 is 0. The number of nitrogens with zero attached hydrogens (tertiary/aromatic N) is 4. The molecule has 0 spiro atoms. The molecule has 3 aromatic heterocycles. The third-order valence-corrected chi connectivity index (χ3v) is 8.50. The van der Waals surface area contributed by atoms with E-state index in [1.165, 1.54) is 31.0 Å². The fourth-order valence-electron chi connectivity index (χ4n) is 4.63. The first-order valence-electron chi connectivity index (χ1n) is 12.7. The standard InChI is InChI=1S/C27H32N6O4S/c1-17-7-8-18(2)33(17)25-20(26(34)32-38(35,36)24-6-4-5-22(28)31-24)10-11-21(30-25)19-9-12-23(29-15-19)37-16-27(3)13-14-27/h4-6,9-12,15,17-18H,7-8,13-14,16H2,1-3H3,(H2,28,31)(H,32,34)/t17-,18+. The van der Waals surface area contributed by atoms with Gasteiger partial charge in [0.2, 0.25) is 5.88 Å². The molecule has 2 atom stereocenters. The number of carbonyl (C=O) groups excluding carboxylic acids is 1. The lowest BCUT2D eigenvalue weighted by Gasteiger charge is -2.29. The fourth-order valence-corrected chi connectivity index (χ4v) is 5.57. The molecule has 1 aliphatic heterocycles. The number of pyridine rings is 3. The number of nitrogen functional groups attached to an aromatic ring is 1. The Morgan fingerprint density at radius 1 is 1.11 bits per heavy atom. The molecular formula is C27H32N6O4S. The Morgan fingerprint density at radius 2 is 1.84 bits per heavy atom. The molecule has 38 heavy (non-hydrogen) atoms. The first-order valence-corrected chi connectivity index (χ1v) is 14.2. The second-order valence-electron chi connectivity index (χ2n) is 10.6. The molecule has 0 bridgehead atoms. The average molecular weight is 537 g/mol. The van der Waals surface area contributed by atoms with Crippen molar-refractivity contribution in [1.29, 1.82) is 0 Å². The maximum absolute atomic E-state index is 13.3. The fraction of sp³-hybridized carbons (Fsp3) is 0.407. The van der Waals surface area contributed by atoms with Gasteiger partial charge < -0.3 is 15.4 Å². The molecule has 3 aromatic rings. The monoisotopic (exact) mass is 536 g/mol. The van der Waals surface area contributed by atoms with Gasteiger partial charge in [-0.25, -0.2) is 19.7 Å². The van der Waals surface area contributed by atoms with Crippen molar-refractivity contribution in [2.75, 3.05) is 17.2 Å². The summed E-state index contributed by atoms with van der Waals surface area (Å²) in [6.07, 6.45) is 5.91. The molecule has 11 heteroatoms. The number of amides is 1. The molecule has 4 heterocycles. The van der Waals surface area contributed by atoms with Crippen molar-refractivity contribution in [1.82, 2.24) is 19.7 Å². The van der Waals surface area contributed by atoms with E-state index >= 15 is 0 Å². The number of ether oxygens (including phenoxy) is 1. The molecule has 1 saturated heterocycles. The quantitative estimate of drug-likeness (QED) is 0.440. The number of hydrogen-bond donors (Lipinski definition) is 2. The summed E-state index contributed by atoms with van der Waals surface area (Å²) in [4.78, 5) is 28.5. The Morgan fingerprint density at radius 3 is 2.47 bits per heavy atom. The first kappa shape index (κ1) is 25.9. The molecule has 2 fully saturated rings. The van der Waals surface area contributed by atoms with Crippen LogP contribution in [0.3, 0.4) is 0 Å². The van der Waals surface area contributed by atoms with E-state index in [2.05, 4.69) is 40.4 Å². The van der Waals surface area contributed by atoms with Gasteiger partial charge in [-0.1, -0.05) is 13.0 Å². The molecule has 200 valence electrons. The van der Waals surface area contributed by atoms with Gasteiger partial charge in [0.15, 0.2) is 5.03 Å². The van der Waals surface area contributed by atoms with Crippen LogP contribution in [0.4, 0.5) is 11.6 Å². The van der Waals surface area contributed by atoms with Crippen LogP contribution in [0, 0.1) is 5.41 Å². The lowest BCUT2D eigenvalue weighted by atomic mass is 10.1. The lowest BCUT2D eigenvalue weighted by molar-refractivity contribution is 0.0981. The predicted octanol–water partition coefficient (Wildman–Crippen LogP) is 3.80. The van der Waals surface area contributed by atoms with E-state index in [9.17, 15) is 13.2 Å². The van der Waals surface area contributed by atoms with Crippen LogP contribution in [-0.4, -0.2) is 48.0 Å². The second-order valence-corrected chi connectivity index (χ2v) is 12.2. The van der Waals surface area contributed by atoms with Crippen LogP contribution in [0.15, 0.2) is 53.7 Å². The largest absolute Gasteiger partial charge is 0.477 e. The van der Waals surface area contributed by atoms with E-state index in [0.29, 0.717) is 24.0 Å². The highest BCUT2D eigenvalue weighted by molar-refractivity contribution is 7.90. The van der Waals surface area contributed by atoms with Crippen LogP contribution in [-0.2, 0) is 10.0 Å². The minimum atomic E-state index is -4.24. The van der Waals surface area contributed by atoms with Gasteiger partial charge >= 0.3 is 0 Å². The van der Waals surface area contributed by atoms with Crippen molar-refractivity contribution in [2.45, 2.75) is 63.6 Å². The Hall–Kier alpha value is -3.73. The van der Waals surface area contributed by atoms with Gasteiger partial charge in [-0.2, -0.15) is 8.42 Å². The number of aromatic nitrogens is 3. The molecule has 5 rings (SSSR count). The maximum atomic E-state index is 13.3. The SMILES string of the molecule is C[C@@H]1CC[C@H](C)N1c1nc(-c2ccc(OCC3(C)CC3)nc2)ccc1C(=O)NS(=O)(=O)c1cccc(N)n1. The van der Waals surface area contributed by atoms with Crippen LogP contribution < -0.4 is 20.1 Å². The minimum absolute atomic E-state index is 0.0403. The minimum Gasteiger partial charge on any atom is -0.477 e. The molecule has 3 N–H and O–H groups in total. The molecule has 1 aliphatic carbocycles. The van der Waals surface area contributed by atoms with E-state index in [0.717, 1.165) is 18.4 Å². The first-order chi connectivity index (χ1) is 18.0. The van der Waals surface area contributed by atoms with Gasteiger partial charge in [0, 0.05) is 35.3 Å². The van der Waals surface area contributed by atoms with Crippen molar-refractivity contribution in [3.63, 3.8) is 0 Å². The number of nitrogens with two attached hydrogens (primary N) is 1. The van der Waals surface area contributed by atoms with Crippen LogP contribution in [0.25, 0.3) is 11.3 Å². The summed E-state index contributed by atoms with van der Waals surface area (Å²) in [5, 5.41) is -0.330. The van der Waals surface area contributed by atoms with E-state index in [4.69, 9.17) is 15.5 Å². The topological polar surface area (TPSA) is 140 Å². The number of anilines is 2. The molecule has 1 amide bonds. The summed E-state index contributed by atoms with van der Waals surface area (Å²) in [7, 11) is -4.24. The van der Waals surface area contributed by atoms with Crippen molar-refractivity contribution >= 4 is 27.6 Å². The molecule has 10 nitrogen and oxygen atoms in total. The zero-order valence-electron chi connectivity index (χ0n) is 21.7. The van der Waals surface area contributed by atoms with Crippen LogP contribution in [0.2, 0.25) is 0 Å². The van der Waals surface area contributed by atoms with Crippen molar-refractivity contribution in [3.05, 3.63) is 54.2 Å². The summed E-state index contributed by atoms with van der Waals surface area (Å²) in [6, 6.07) is 11.5. The van der Waals surface area contributed by atoms with Crippen molar-refractivity contribution in [2.24, 2.45) is 5.41 Å². The van der Waals surface area contributed by atoms with E-state index in [1.807, 2.05) is 12.1 Å². The third-order valence-electron chi connectivity index (χ3n) is 7.27. The number of sulfonamides is 1. The molecule has 0 aromatic carbocycles. The smallest absolute Gasteiger partial charge is 0.281 e. The van der Waals surface area contributed by atoms with Gasteiger partial charge in [-0.15, -0.1) is 0 Å². The Kier molecular flexibility index (Phi) is 6.72. The number of nitrogens with one attached hydrogen (secondary N) is 1. The second kappa shape index (κ2) is 9.86. The number of rotatable bonds is 8. The Bertz CT molecular complexity index is 1450. The normalized spacial score (nSPS) is 20.2. The third kappa shape index (κ3) is 5.42. The van der Waals surface area contributed by atoms with Crippen LogP contribution in [0.5, 0.6) is 5.88 Å². The van der Waals surface area contributed by atoms with Crippen molar-refractivity contribution in [3.8, 4) is 17.1 Å². The highest BCUT2D eigenvalue weighted by atomic mass is 32.2. The molecule has 2 aliphatic rings. The summed E-state index contributed by atoms with van der Waals surface area (Å²) in [6.45, 7) is 6.98. The zero-order chi connectivity index (χ0) is 27.1. The summed E-state index contributed by atoms with van der Waals surface area (Å²) < 4.78 is 33.7. The highest BCUT2D eigenvalue weighted by Gasteiger charge is 2.38. The maximum Gasteiger partial charge on any atom is 0.281 e. The van der Waals surface area contributed by atoms with Crippen LogP contribution >= 0.6 is 0 Å². The van der Waals surface area contributed by atoms with E-state index < -0.39 is 15.9 Å². The van der Waals surface area contributed by atoms with Gasteiger partial charge in [0.25, 0.3) is 15.9 Å². The summed E-state index contributed by atoms with van der Waals surface area (Å²) in [5.41, 5.74) is 7.44. The summed E-state index contributed by atoms with van der Waals surface area (Å²) in [5.74, 6) is 0.235. The Labute approximate surface area is 222 Å². The van der Waals surface area contributed by atoms with Gasteiger partial charge in [0.05, 0.1) is 17.9 Å². The lowest BCUT2D eigenvalue weighted by Crippen LogP contribution is -2.37. The zero-order valence-corrected chi connectivity index (χ0v) is 22.5. The van der Waals surface area contributed by atoms with Gasteiger partial charge in [-0.3, -0.25) is 4.79 Å². The van der Waals surface area contributed by atoms with Crippen molar-refractivity contribution < 1.29 is 17.9 Å². The number of hydrogen-bond acceptors (Lipinski definition) is 9. The molecule has 0 unspecified atom stereocenters. The van der Waals surface area contributed by atoms with Gasteiger partial charge in [0.1, 0.15) is 11.6 Å². The highest BCUT2D eigenvalue weighted by Crippen LogP contribution is 2.45. The Balaban J connectivity index is 1.45. The molecule has 0 radical (unpaired) electrons. The van der Waals surface area contributed by atoms with E-state index in [-0.39, 0.29) is 33.9 Å². The predicted molar refractivity (Wildman–Crippen MR) is 144 cm³/mol. The van der Waals surface area contributed by atoms with E-state index in [1.54, 1.807) is 18.3 Å². The molecular weight excluding hydrogens is 504 g/mol. The molecule has 1 saturated carbocycles. The van der Waals surface area contributed by atoms with Crippen LogP contribution in [0.1, 0.15) is 56.8 Å². The average Bonchev–Trinajstić information content (AvgIpc) is 3.54. The number of carbonyl (C=O) groups is 1.